The van der Waals surface area contributed by atoms with Crippen molar-refractivity contribution in [3.63, 3.8) is 0 Å². The highest BCUT2D eigenvalue weighted by molar-refractivity contribution is 6.30. The lowest BCUT2D eigenvalue weighted by Gasteiger charge is -2.40. The summed E-state index contributed by atoms with van der Waals surface area (Å²) in [6.07, 6.45) is 4.15. The zero-order valence-electron chi connectivity index (χ0n) is 20.4. The van der Waals surface area contributed by atoms with Crippen LogP contribution in [0, 0.1) is 6.92 Å². The number of anilines is 1. The smallest absolute Gasteiger partial charge is 0.241 e. The van der Waals surface area contributed by atoms with Gasteiger partial charge < -0.3 is 19.7 Å². The standard InChI is InChI=1S/C29H29ClN2O3/c1-19-5-11-24-23(15-19)28(2,3)29(31-27(33)17-32(24)29)14-13-20-8-12-25(26(16-20)34-4)35-18-21-6-9-22(30)10-7-21/h5-16H,17-18H2,1-4H3,(H,31,33). The molecule has 35 heavy (non-hydrogen) atoms. The number of hydrogen-bond acceptors (Lipinski definition) is 4. The fourth-order valence-electron chi connectivity index (χ4n) is 5.15. The van der Waals surface area contributed by atoms with Gasteiger partial charge in [-0.05, 0) is 60.0 Å². The van der Waals surface area contributed by atoms with E-state index < -0.39 is 5.66 Å². The van der Waals surface area contributed by atoms with Gasteiger partial charge in [0.25, 0.3) is 0 Å². The van der Waals surface area contributed by atoms with Gasteiger partial charge >= 0.3 is 0 Å². The van der Waals surface area contributed by atoms with E-state index in [0.717, 1.165) is 16.8 Å². The Morgan fingerprint density at radius 1 is 1.06 bits per heavy atom. The number of amides is 1. The Balaban J connectivity index is 1.42. The van der Waals surface area contributed by atoms with E-state index in [1.54, 1.807) is 7.11 Å². The number of halogens is 1. The predicted molar refractivity (Wildman–Crippen MR) is 140 cm³/mol. The number of rotatable bonds is 6. The minimum atomic E-state index is -0.642. The van der Waals surface area contributed by atoms with Gasteiger partial charge in [0.2, 0.25) is 5.91 Å². The molecule has 1 amide bonds. The third kappa shape index (κ3) is 3.94. The molecule has 2 aliphatic heterocycles. The number of ether oxygens (including phenoxy) is 2. The molecule has 1 atom stereocenters. The molecule has 6 heteroatoms. The number of aryl methyl sites for hydroxylation is 1. The van der Waals surface area contributed by atoms with Gasteiger partial charge in [-0.2, -0.15) is 0 Å². The first-order valence-electron chi connectivity index (χ1n) is 11.7. The van der Waals surface area contributed by atoms with Crippen molar-refractivity contribution in [2.24, 2.45) is 0 Å². The van der Waals surface area contributed by atoms with Crippen molar-refractivity contribution < 1.29 is 14.3 Å². The van der Waals surface area contributed by atoms with E-state index in [2.05, 4.69) is 55.3 Å². The van der Waals surface area contributed by atoms with Gasteiger partial charge in [-0.15, -0.1) is 0 Å². The number of carbonyl (C=O) groups excluding carboxylic acids is 1. The summed E-state index contributed by atoms with van der Waals surface area (Å²) >= 11 is 5.97. The van der Waals surface area contributed by atoms with Gasteiger partial charge in [0, 0.05) is 16.1 Å². The van der Waals surface area contributed by atoms with E-state index in [1.807, 2.05) is 48.5 Å². The Morgan fingerprint density at radius 3 is 2.57 bits per heavy atom. The molecule has 5 rings (SSSR count). The van der Waals surface area contributed by atoms with E-state index in [-0.39, 0.29) is 11.3 Å². The maximum atomic E-state index is 12.6. The number of hydrogen-bond donors (Lipinski definition) is 1. The first-order valence-corrected chi connectivity index (χ1v) is 12.1. The lowest BCUT2D eigenvalue weighted by Crippen LogP contribution is -2.58. The average Bonchev–Trinajstić information content (AvgIpc) is 3.27. The van der Waals surface area contributed by atoms with Crippen LogP contribution in [-0.2, 0) is 16.8 Å². The van der Waals surface area contributed by atoms with Crippen molar-refractivity contribution >= 4 is 29.3 Å². The fourth-order valence-corrected chi connectivity index (χ4v) is 5.28. The molecule has 0 saturated carbocycles. The Hall–Kier alpha value is -3.44. The normalized spacial score (nSPS) is 20.0. The molecule has 5 nitrogen and oxygen atoms in total. The molecule has 1 N–H and O–H groups in total. The van der Waals surface area contributed by atoms with E-state index >= 15 is 0 Å². The van der Waals surface area contributed by atoms with Crippen LogP contribution in [0.15, 0.2) is 66.7 Å². The summed E-state index contributed by atoms with van der Waals surface area (Å²) in [5.41, 5.74) is 4.58. The van der Waals surface area contributed by atoms with Crippen molar-refractivity contribution in [2.45, 2.75) is 38.5 Å². The van der Waals surface area contributed by atoms with Crippen molar-refractivity contribution in [3.05, 3.63) is 94.0 Å². The number of fused-ring (bicyclic) bond motifs is 3. The third-order valence-corrected chi connectivity index (χ3v) is 7.39. The first kappa shape index (κ1) is 23.3. The fraction of sp³-hybridized carbons (Fsp3) is 0.276. The maximum Gasteiger partial charge on any atom is 0.241 e. The minimum absolute atomic E-state index is 0.0254. The zero-order chi connectivity index (χ0) is 24.8. The number of carbonyl (C=O) groups is 1. The third-order valence-electron chi connectivity index (χ3n) is 7.14. The Bertz CT molecular complexity index is 1320. The molecule has 3 aromatic rings. The van der Waals surface area contributed by atoms with Crippen LogP contribution in [0.25, 0.3) is 6.08 Å². The molecule has 2 heterocycles. The van der Waals surface area contributed by atoms with Crippen molar-refractivity contribution in [2.75, 3.05) is 18.6 Å². The SMILES string of the molecule is COc1cc(C=CC23NC(=O)CN2c2ccc(C)cc2C3(C)C)ccc1OCc1ccc(Cl)cc1. The van der Waals surface area contributed by atoms with Crippen LogP contribution in [-0.4, -0.2) is 25.2 Å². The number of nitrogens with zero attached hydrogens (tertiary/aromatic N) is 1. The van der Waals surface area contributed by atoms with E-state index in [4.69, 9.17) is 21.1 Å². The zero-order valence-corrected chi connectivity index (χ0v) is 21.1. The van der Waals surface area contributed by atoms with Gasteiger partial charge in [-0.1, -0.05) is 67.4 Å². The quantitative estimate of drug-likeness (QED) is 0.471. The molecular weight excluding hydrogens is 460 g/mol. The summed E-state index contributed by atoms with van der Waals surface area (Å²) in [5.74, 6) is 1.34. The van der Waals surface area contributed by atoms with Crippen LogP contribution in [0.5, 0.6) is 11.5 Å². The van der Waals surface area contributed by atoms with Crippen LogP contribution in [0.4, 0.5) is 5.69 Å². The first-order chi connectivity index (χ1) is 16.7. The number of benzene rings is 3. The molecule has 0 radical (unpaired) electrons. The lowest BCUT2D eigenvalue weighted by molar-refractivity contribution is -0.118. The molecule has 0 bridgehead atoms. The molecule has 1 saturated heterocycles. The summed E-state index contributed by atoms with van der Waals surface area (Å²) in [7, 11) is 1.63. The molecule has 1 fully saturated rings. The molecule has 0 aromatic heterocycles. The Morgan fingerprint density at radius 2 is 1.83 bits per heavy atom. The topological polar surface area (TPSA) is 50.8 Å². The predicted octanol–water partition coefficient (Wildman–Crippen LogP) is 5.87. The monoisotopic (exact) mass is 488 g/mol. The summed E-state index contributed by atoms with van der Waals surface area (Å²) in [5, 5.41) is 3.97. The van der Waals surface area contributed by atoms with Gasteiger partial charge in [-0.25, -0.2) is 0 Å². The maximum absolute atomic E-state index is 12.6. The van der Waals surface area contributed by atoms with Crippen molar-refractivity contribution in [1.82, 2.24) is 5.32 Å². The molecule has 3 aromatic carbocycles. The lowest BCUT2D eigenvalue weighted by atomic mass is 9.75. The molecule has 2 aliphatic rings. The second kappa shape index (κ2) is 8.65. The summed E-state index contributed by atoms with van der Waals surface area (Å²) < 4.78 is 11.6. The van der Waals surface area contributed by atoms with Crippen LogP contribution in [0.1, 0.15) is 36.1 Å². The molecular formula is C29H29ClN2O3. The van der Waals surface area contributed by atoms with Gasteiger partial charge in [0.15, 0.2) is 11.5 Å². The second-order valence-electron chi connectivity index (χ2n) is 9.71. The second-order valence-corrected chi connectivity index (χ2v) is 10.1. The van der Waals surface area contributed by atoms with Crippen LogP contribution in [0.3, 0.4) is 0 Å². The molecule has 0 spiro atoms. The summed E-state index contributed by atoms with van der Waals surface area (Å²) in [6.45, 7) is 7.23. The van der Waals surface area contributed by atoms with Gasteiger partial charge in [0.05, 0.1) is 13.7 Å². The summed E-state index contributed by atoms with van der Waals surface area (Å²) in [4.78, 5) is 14.7. The van der Waals surface area contributed by atoms with Crippen molar-refractivity contribution in [3.8, 4) is 11.5 Å². The van der Waals surface area contributed by atoms with Crippen LogP contribution < -0.4 is 19.7 Å². The highest BCUT2D eigenvalue weighted by Crippen LogP contribution is 2.53. The average molecular weight is 489 g/mol. The molecule has 1 unspecified atom stereocenters. The highest BCUT2D eigenvalue weighted by atomic mass is 35.5. The van der Waals surface area contributed by atoms with Gasteiger partial charge in [0.1, 0.15) is 12.3 Å². The van der Waals surface area contributed by atoms with E-state index in [1.165, 1.54) is 11.1 Å². The number of methoxy groups -OCH3 is 1. The van der Waals surface area contributed by atoms with Crippen molar-refractivity contribution in [1.29, 1.82) is 0 Å². The van der Waals surface area contributed by atoms with Crippen LogP contribution in [0.2, 0.25) is 5.02 Å². The molecule has 180 valence electrons. The van der Waals surface area contributed by atoms with E-state index in [9.17, 15) is 4.79 Å². The summed E-state index contributed by atoms with van der Waals surface area (Å²) in [6, 6.07) is 19.9. The Labute approximate surface area is 211 Å². The van der Waals surface area contributed by atoms with E-state index in [0.29, 0.717) is 29.7 Å². The van der Waals surface area contributed by atoms with Gasteiger partial charge in [-0.3, -0.25) is 4.79 Å². The Kier molecular flexibility index (Phi) is 5.76. The minimum Gasteiger partial charge on any atom is -0.493 e. The largest absolute Gasteiger partial charge is 0.493 e. The van der Waals surface area contributed by atoms with Crippen LogP contribution >= 0.6 is 11.6 Å². The highest BCUT2D eigenvalue weighted by Gasteiger charge is 2.59. The number of nitrogens with one attached hydrogen (secondary N) is 1. The molecule has 0 aliphatic carbocycles.